The first-order chi connectivity index (χ1) is 11.7. The van der Waals surface area contributed by atoms with Gasteiger partial charge in [-0.05, 0) is 43.3 Å². The maximum absolute atomic E-state index is 5.66. The van der Waals surface area contributed by atoms with Crippen LogP contribution in [0, 0.1) is 0 Å². The third kappa shape index (κ3) is 4.14. The Labute approximate surface area is 142 Å². The first-order valence-electron chi connectivity index (χ1n) is 7.85. The molecule has 0 fully saturated rings. The lowest BCUT2D eigenvalue weighted by Gasteiger charge is -2.25. The van der Waals surface area contributed by atoms with Crippen LogP contribution in [-0.2, 0) is 6.54 Å². The Kier molecular flexibility index (Phi) is 5.13. The number of rotatable bonds is 6. The van der Waals surface area contributed by atoms with Crippen molar-refractivity contribution < 1.29 is 4.74 Å². The number of aromatic nitrogens is 3. The van der Waals surface area contributed by atoms with E-state index in [0.717, 1.165) is 12.3 Å². The molecule has 1 aromatic carbocycles. The van der Waals surface area contributed by atoms with Gasteiger partial charge in [0.2, 0.25) is 5.88 Å². The molecule has 1 unspecified atom stereocenters. The minimum absolute atomic E-state index is 0.300. The van der Waals surface area contributed by atoms with Crippen molar-refractivity contribution in [2.45, 2.75) is 19.5 Å². The van der Waals surface area contributed by atoms with Crippen LogP contribution in [0.4, 0.5) is 0 Å². The Morgan fingerprint density at radius 3 is 2.46 bits per heavy atom. The monoisotopic (exact) mass is 320 g/mol. The Bertz CT molecular complexity index is 747. The Morgan fingerprint density at radius 1 is 1.00 bits per heavy atom. The number of hydrogen-bond donors (Lipinski definition) is 0. The van der Waals surface area contributed by atoms with Crippen LogP contribution in [0.1, 0.15) is 24.1 Å². The van der Waals surface area contributed by atoms with Gasteiger partial charge in [-0.15, -0.1) is 0 Å². The summed E-state index contributed by atoms with van der Waals surface area (Å²) >= 11 is 0. The van der Waals surface area contributed by atoms with Crippen LogP contribution in [0.25, 0.3) is 0 Å². The lowest BCUT2D eigenvalue weighted by atomic mass is 10.1. The van der Waals surface area contributed by atoms with E-state index in [9.17, 15) is 0 Å². The standard InChI is InChI=1S/C19H20N4O/c1-15(17-4-3-9-20-12-17)23(2)14-16-5-7-18(8-6-16)24-19-13-21-10-11-22-19/h3-13,15H,14H2,1-2H3. The van der Waals surface area contributed by atoms with Crippen molar-refractivity contribution in [1.82, 2.24) is 19.9 Å². The van der Waals surface area contributed by atoms with E-state index in [1.54, 1.807) is 24.8 Å². The Morgan fingerprint density at radius 2 is 1.79 bits per heavy atom. The van der Waals surface area contributed by atoms with Gasteiger partial charge in [0, 0.05) is 37.4 Å². The van der Waals surface area contributed by atoms with Gasteiger partial charge in [0.05, 0.1) is 6.20 Å². The molecule has 0 N–H and O–H groups in total. The molecule has 2 aromatic heterocycles. The second-order valence-corrected chi connectivity index (χ2v) is 5.67. The number of benzene rings is 1. The normalized spacial score (nSPS) is 12.1. The van der Waals surface area contributed by atoms with Gasteiger partial charge in [0.15, 0.2) is 0 Å². The largest absolute Gasteiger partial charge is 0.438 e. The van der Waals surface area contributed by atoms with Crippen LogP contribution in [0.3, 0.4) is 0 Å². The summed E-state index contributed by atoms with van der Waals surface area (Å²) in [4.78, 5) is 14.6. The zero-order valence-electron chi connectivity index (χ0n) is 13.8. The smallest absolute Gasteiger partial charge is 0.237 e. The predicted octanol–water partition coefficient (Wildman–Crippen LogP) is 3.86. The van der Waals surface area contributed by atoms with E-state index in [1.807, 2.05) is 24.4 Å². The average molecular weight is 320 g/mol. The molecule has 3 aromatic rings. The Hall–Kier alpha value is -2.79. The first kappa shape index (κ1) is 16.1. The number of ether oxygens (including phenoxy) is 1. The molecule has 0 aliphatic rings. The topological polar surface area (TPSA) is 51.1 Å². The molecule has 0 bridgehead atoms. The minimum Gasteiger partial charge on any atom is -0.438 e. The van der Waals surface area contributed by atoms with Crippen LogP contribution in [0.15, 0.2) is 67.4 Å². The zero-order valence-corrected chi connectivity index (χ0v) is 13.8. The molecule has 122 valence electrons. The van der Waals surface area contributed by atoms with Crippen molar-refractivity contribution in [3.05, 3.63) is 78.5 Å². The molecule has 0 radical (unpaired) electrons. The van der Waals surface area contributed by atoms with E-state index in [0.29, 0.717) is 11.9 Å². The molecular weight excluding hydrogens is 300 g/mol. The fourth-order valence-corrected chi connectivity index (χ4v) is 2.42. The summed E-state index contributed by atoms with van der Waals surface area (Å²) in [5, 5.41) is 0. The predicted molar refractivity (Wildman–Crippen MR) is 92.7 cm³/mol. The second-order valence-electron chi connectivity index (χ2n) is 5.67. The molecule has 0 aliphatic heterocycles. The maximum Gasteiger partial charge on any atom is 0.237 e. The molecule has 5 nitrogen and oxygen atoms in total. The highest BCUT2D eigenvalue weighted by atomic mass is 16.5. The molecule has 0 amide bonds. The van der Waals surface area contributed by atoms with Crippen molar-refractivity contribution in [1.29, 1.82) is 0 Å². The minimum atomic E-state index is 0.300. The van der Waals surface area contributed by atoms with Crippen LogP contribution < -0.4 is 4.74 Å². The quantitative estimate of drug-likeness (QED) is 0.690. The van der Waals surface area contributed by atoms with Crippen LogP contribution in [0.5, 0.6) is 11.6 Å². The molecule has 2 heterocycles. The number of hydrogen-bond acceptors (Lipinski definition) is 5. The van der Waals surface area contributed by atoms with Crippen LogP contribution >= 0.6 is 0 Å². The lowest BCUT2D eigenvalue weighted by Crippen LogP contribution is -2.21. The summed E-state index contributed by atoms with van der Waals surface area (Å²) in [5.74, 6) is 1.25. The average Bonchev–Trinajstić information content (AvgIpc) is 2.64. The fraction of sp³-hybridized carbons (Fsp3) is 0.211. The van der Waals surface area contributed by atoms with E-state index in [-0.39, 0.29) is 0 Å². The van der Waals surface area contributed by atoms with Crippen LogP contribution in [0.2, 0.25) is 0 Å². The lowest BCUT2D eigenvalue weighted by molar-refractivity contribution is 0.252. The first-order valence-corrected chi connectivity index (χ1v) is 7.85. The highest BCUT2D eigenvalue weighted by molar-refractivity contribution is 5.30. The van der Waals surface area contributed by atoms with Gasteiger partial charge in [0.1, 0.15) is 5.75 Å². The summed E-state index contributed by atoms with van der Waals surface area (Å²) in [6, 6.07) is 12.4. The molecule has 0 saturated carbocycles. The molecule has 5 heteroatoms. The molecule has 24 heavy (non-hydrogen) atoms. The van der Waals surface area contributed by atoms with E-state index in [4.69, 9.17) is 4.74 Å². The van der Waals surface area contributed by atoms with Gasteiger partial charge < -0.3 is 4.74 Å². The van der Waals surface area contributed by atoms with Gasteiger partial charge >= 0.3 is 0 Å². The van der Waals surface area contributed by atoms with Gasteiger partial charge in [-0.25, -0.2) is 4.98 Å². The molecular formula is C19H20N4O. The third-order valence-corrected chi connectivity index (χ3v) is 3.95. The summed E-state index contributed by atoms with van der Waals surface area (Å²) in [6.07, 6.45) is 8.54. The number of pyridine rings is 1. The zero-order chi connectivity index (χ0) is 16.8. The van der Waals surface area contributed by atoms with Crippen molar-refractivity contribution in [3.8, 4) is 11.6 Å². The summed E-state index contributed by atoms with van der Waals surface area (Å²) in [5.41, 5.74) is 2.43. The highest BCUT2D eigenvalue weighted by Crippen LogP contribution is 2.22. The van der Waals surface area contributed by atoms with Crippen molar-refractivity contribution in [3.63, 3.8) is 0 Å². The van der Waals surface area contributed by atoms with Gasteiger partial charge in [-0.3, -0.25) is 14.9 Å². The molecule has 0 aliphatic carbocycles. The number of nitrogens with zero attached hydrogens (tertiary/aromatic N) is 4. The van der Waals surface area contributed by atoms with Crippen molar-refractivity contribution >= 4 is 0 Å². The summed E-state index contributed by atoms with van der Waals surface area (Å²) in [6.45, 7) is 3.03. The van der Waals surface area contributed by atoms with Crippen molar-refractivity contribution in [2.75, 3.05) is 7.05 Å². The molecule has 1 atom stereocenters. The van der Waals surface area contributed by atoms with Gasteiger partial charge in [-0.1, -0.05) is 18.2 Å². The summed E-state index contributed by atoms with van der Waals surface area (Å²) in [7, 11) is 2.11. The van der Waals surface area contributed by atoms with E-state index in [1.165, 1.54) is 11.1 Å². The SMILES string of the molecule is CC(c1cccnc1)N(C)Cc1ccc(Oc2cnccn2)cc1. The van der Waals surface area contributed by atoms with E-state index < -0.39 is 0 Å². The van der Waals surface area contributed by atoms with E-state index in [2.05, 4.69) is 52.0 Å². The third-order valence-electron chi connectivity index (χ3n) is 3.95. The molecule has 0 spiro atoms. The van der Waals surface area contributed by atoms with Crippen LogP contribution in [-0.4, -0.2) is 26.9 Å². The maximum atomic E-state index is 5.66. The molecule has 3 rings (SSSR count). The second kappa shape index (κ2) is 7.66. The van der Waals surface area contributed by atoms with Gasteiger partial charge in [0.25, 0.3) is 0 Å². The molecule has 0 saturated heterocycles. The van der Waals surface area contributed by atoms with Gasteiger partial charge in [-0.2, -0.15) is 0 Å². The summed E-state index contributed by atoms with van der Waals surface area (Å²) < 4.78 is 5.66. The van der Waals surface area contributed by atoms with E-state index >= 15 is 0 Å². The van der Waals surface area contributed by atoms with Crippen molar-refractivity contribution in [2.24, 2.45) is 0 Å². The highest BCUT2D eigenvalue weighted by Gasteiger charge is 2.12. The fourth-order valence-electron chi connectivity index (χ4n) is 2.42. The Balaban J connectivity index is 1.61.